The molecule has 1 aliphatic carbocycles. The highest BCUT2D eigenvalue weighted by Gasteiger charge is 2.47. The van der Waals surface area contributed by atoms with E-state index >= 15 is 0 Å². The first-order valence-electron chi connectivity index (χ1n) is 9.76. The number of nitrogens with zero attached hydrogens (tertiary/aromatic N) is 3. The quantitative estimate of drug-likeness (QED) is 0.472. The molecule has 0 radical (unpaired) electrons. The van der Waals surface area contributed by atoms with E-state index in [2.05, 4.69) is 30.9 Å². The summed E-state index contributed by atoms with van der Waals surface area (Å²) in [6.07, 6.45) is 1.84. The minimum absolute atomic E-state index is 0.0205. The number of aliphatic imine (C=N–C) groups is 1. The number of hydrogen-bond donors (Lipinski definition) is 0. The maximum atomic E-state index is 13.8. The van der Waals surface area contributed by atoms with Crippen molar-refractivity contribution >= 4 is 12.3 Å². The Morgan fingerprint density at radius 3 is 2.65 bits per heavy atom. The molecule has 0 spiro atoms. The standard InChI is InChI=1S/C27H20FN3/c1-5-21-17(2)27(18(3)30-4,23-10-7-6-9-22(21)23)26-12-8-11-25(31-26)19-13-14-24(28)20(15-19)16-29/h5-15H,1,3-4H2,2H3. The zero-order chi connectivity index (χ0) is 22.2. The molecule has 0 saturated heterocycles. The van der Waals surface area contributed by atoms with Crippen molar-refractivity contribution in [3.05, 3.63) is 119 Å². The lowest BCUT2D eigenvalue weighted by Crippen LogP contribution is -2.30. The smallest absolute Gasteiger partial charge is 0.140 e. The number of pyridine rings is 1. The summed E-state index contributed by atoms with van der Waals surface area (Å²) in [6.45, 7) is 14.0. The molecule has 2 aromatic carbocycles. The fourth-order valence-electron chi connectivity index (χ4n) is 4.46. The van der Waals surface area contributed by atoms with E-state index < -0.39 is 11.2 Å². The van der Waals surface area contributed by atoms with Crippen molar-refractivity contribution in [2.24, 2.45) is 4.99 Å². The zero-order valence-electron chi connectivity index (χ0n) is 17.2. The predicted molar refractivity (Wildman–Crippen MR) is 123 cm³/mol. The van der Waals surface area contributed by atoms with Crippen LogP contribution in [0.1, 0.15) is 29.3 Å². The Morgan fingerprint density at radius 2 is 1.94 bits per heavy atom. The van der Waals surface area contributed by atoms with Crippen LogP contribution in [0.3, 0.4) is 0 Å². The minimum Gasteiger partial charge on any atom is -0.268 e. The largest absolute Gasteiger partial charge is 0.268 e. The molecule has 1 aromatic heterocycles. The molecular weight excluding hydrogens is 385 g/mol. The molecule has 4 heteroatoms. The number of rotatable bonds is 5. The maximum absolute atomic E-state index is 13.8. The van der Waals surface area contributed by atoms with Crippen molar-refractivity contribution in [1.29, 1.82) is 5.26 Å². The molecule has 0 amide bonds. The summed E-state index contributed by atoms with van der Waals surface area (Å²) in [7, 11) is 0. The second-order valence-electron chi connectivity index (χ2n) is 7.36. The molecule has 1 heterocycles. The number of halogens is 1. The van der Waals surface area contributed by atoms with Gasteiger partial charge in [-0.05, 0) is 66.2 Å². The molecule has 150 valence electrons. The fourth-order valence-corrected chi connectivity index (χ4v) is 4.46. The van der Waals surface area contributed by atoms with Gasteiger partial charge in [-0.1, -0.05) is 49.6 Å². The lowest BCUT2D eigenvalue weighted by molar-refractivity contribution is 0.624. The van der Waals surface area contributed by atoms with Gasteiger partial charge < -0.3 is 0 Å². The number of benzene rings is 2. The second kappa shape index (κ2) is 7.62. The molecule has 0 aliphatic heterocycles. The highest BCUT2D eigenvalue weighted by molar-refractivity contribution is 5.89. The van der Waals surface area contributed by atoms with Gasteiger partial charge in [-0.3, -0.25) is 9.98 Å². The van der Waals surface area contributed by atoms with Crippen molar-refractivity contribution < 1.29 is 4.39 Å². The van der Waals surface area contributed by atoms with Crippen LogP contribution in [0.25, 0.3) is 16.8 Å². The van der Waals surface area contributed by atoms with E-state index in [1.54, 1.807) is 6.07 Å². The average Bonchev–Trinajstić information content (AvgIpc) is 3.07. The Morgan fingerprint density at radius 1 is 1.16 bits per heavy atom. The number of hydrogen-bond acceptors (Lipinski definition) is 3. The van der Waals surface area contributed by atoms with E-state index in [0.29, 0.717) is 17.0 Å². The third-order valence-corrected chi connectivity index (χ3v) is 5.93. The van der Waals surface area contributed by atoms with Gasteiger partial charge in [-0.2, -0.15) is 5.26 Å². The van der Waals surface area contributed by atoms with Crippen molar-refractivity contribution in [1.82, 2.24) is 4.98 Å². The van der Waals surface area contributed by atoms with E-state index in [1.807, 2.05) is 55.5 Å². The second-order valence-corrected chi connectivity index (χ2v) is 7.36. The summed E-state index contributed by atoms with van der Waals surface area (Å²) < 4.78 is 13.8. The van der Waals surface area contributed by atoms with Crippen LogP contribution < -0.4 is 0 Å². The minimum atomic E-state index is -0.796. The molecular formula is C27H20FN3. The van der Waals surface area contributed by atoms with Crippen LogP contribution >= 0.6 is 0 Å². The van der Waals surface area contributed by atoms with Crippen molar-refractivity contribution in [2.75, 3.05) is 0 Å². The lowest BCUT2D eigenvalue weighted by Gasteiger charge is -2.32. The first-order chi connectivity index (χ1) is 15.0. The Hall–Kier alpha value is -4.10. The van der Waals surface area contributed by atoms with Crippen LogP contribution in [0.15, 0.2) is 96.2 Å². The molecule has 3 aromatic rings. The van der Waals surface area contributed by atoms with E-state index in [9.17, 15) is 9.65 Å². The highest BCUT2D eigenvalue weighted by atomic mass is 19.1. The Balaban J connectivity index is 2.01. The van der Waals surface area contributed by atoms with Gasteiger partial charge in [0.05, 0.1) is 22.6 Å². The van der Waals surface area contributed by atoms with E-state index in [1.165, 1.54) is 12.1 Å². The van der Waals surface area contributed by atoms with Crippen LogP contribution in [0.2, 0.25) is 0 Å². The molecule has 0 fully saturated rings. The molecule has 0 bridgehead atoms. The first-order valence-corrected chi connectivity index (χ1v) is 9.76. The Kier molecular flexibility index (Phi) is 4.96. The number of fused-ring (bicyclic) bond motifs is 1. The third kappa shape index (κ3) is 2.86. The topological polar surface area (TPSA) is 49.0 Å². The van der Waals surface area contributed by atoms with Crippen LogP contribution in [-0.4, -0.2) is 11.7 Å². The molecule has 1 unspecified atom stereocenters. The van der Waals surface area contributed by atoms with Gasteiger partial charge in [0.2, 0.25) is 0 Å². The van der Waals surface area contributed by atoms with Gasteiger partial charge in [-0.25, -0.2) is 4.39 Å². The summed E-state index contributed by atoms with van der Waals surface area (Å²) in [4.78, 5) is 9.17. The van der Waals surface area contributed by atoms with Crippen LogP contribution in [0.4, 0.5) is 4.39 Å². The summed E-state index contributed by atoms with van der Waals surface area (Å²) in [5.74, 6) is -0.553. The van der Waals surface area contributed by atoms with Crippen molar-refractivity contribution in [3.63, 3.8) is 0 Å². The van der Waals surface area contributed by atoms with Crippen molar-refractivity contribution in [3.8, 4) is 17.3 Å². The number of allylic oxidation sites excluding steroid dienone is 3. The summed E-state index contributed by atoms with van der Waals surface area (Å²) in [5, 5.41) is 9.21. The Bertz CT molecular complexity index is 1330. The summed E-state index contributed by atoms with van der Waals surface area (Å²) in [6, 6.07) is 20.0. The van der Waals surface area contributed by atoms with Gasteiger partial charge in [-0.15, -0.1) is 0 Å². The highest BCUT2D eigenvalue weighted by Crippen LogP contribution is 2.54. The predicted octanol–water partition coefficient (Wildman–Crippen LogP) is 6.23. The average molecular weight is 405 g/mol. The molecule has 31 heavy (non-hydrogen) atoms. The molecule has 4 rings (SSSR count). The molecule has 3 nitrogen and oxygen atoms in total. The molecule has 0 saturated carbocycles. The van der Waals surface area contributed by atoms with Gasteiger partial charge in [0.25, 0.3) is 0 Å². The maximum Gasteiger partial charge on any atom is 0.140 e. The van der Waals surface area contributed by atoms with Crippen molar-refractivity contribution in [2.45, 2.75) is 12.3 Å². The summed E-state index contributed by atoms with van der Waals surface area (Å²) in [5.41, 5.74) is 5.86. The molecule has 1 atom stereocenters. The summed E-state index contributed by atoms with van der Waals surface area (Å²) >= 11 is 0. The van der Waals surface area contributed by atoms with Crippen LogP contribution in [0, 0.1) is 17.1 Å². The zero-order valence-corrected chi connectivity index (χ0v) is 17.2. The SMILES string of the molecule is C=CC1=C(C)C(C(=C)N=C)(c2cccc(-c3ccc(F)c(C#N)c3)n2)c2ccccc21. The van der Waals surface area contributed by atoms with Gasteiger partial charge in [0.1, 0.15) is 17.3 Å². The first kappa shape index (κ1) is 20.2. The normalized spacial score (nSPS) is 17.1. The van der Waals surface area contributed by atoms with Crippen LogP contribution in [-0.2, 0) is 5.41 Å². The fraction of sp³-hybridized carbons (Fsp3) is 0.0741. The van der Waals surface area contributed by atoms with E-state index in [-0.39, 0.29) is 5.56 Å². The van der Waals surface area contributed by atoms with Gasteiger partial charge >= 0.3 is 0 Å². The van der Waals surface area contributed by atoms with E-state index in [0.717, 1.165) is 28.0 Å². The van der Waals surface area contributed by atoms with Crippen LogP contribution in [0.5, 0.6) is 0 Å². The molecule has 1 aliphatic rings. The number of nitriles is 1. The van der Waals surface area contributed by atoms with Gasteiger partial charge in [0.15, 0.2) is 0 Å². The number of aromatic nitrogens is 1. The monoisotopic (exact) mass is 405 g/mol. The molecule has 0 N–H and O–H groups in total. The van der Waals surface area contributed by atoms with Gasteiger partial charge in [0, 0.05) is 5.56 Å². The third-order valence-electron chi connectivity index (χ3n) is 5.93. The lowest BCUT2D eigenvalue weighted by atomic mass is 9.72. The Labute approximate surface area is 181 Å². The van der Waals surface area contributed by atoms with E-state index in [4.69, 9.17) is 4.98 Å².